The van der Waals surface area contributed by atoms with Crippen LogP contribution in [0, 0.1) is 11.8 Å². The van der Waals surface area contributed by atoms with Crippen LogP contribution in [0.4, 0.5) is 0 Å². The maximum atomic E-state index is 12.0. The molecule has 4 nitrogen and oxygen atoms in total. The van der Waals surface area contributed by atoms with Crippen LogP contribution >= 0.6 is 12.4 Å². The van der Waals surface area contributed by atoms with E-state index in [0.717, 1.165) is 25.4 Å². The number of carbonyl (C=O) groups is 1. The third kappa shape index (κ3) is 4.33. The maximum Gasteiger partial charge on any atom is 0.234 e. The number of hydrogen-bond donors (Lipinski definition) is 2. The number of carbonyl (C=O) groups excluding carboxylic acids is 1. The molecule has 1 aliphatic carbocycles. The minimum absolute atomic E-state index is 0. The topological polar surface area (TPSA) is 44.4 Å². The summed E-state index contributed by atoms with van der Waals surface area (Å²) in [6, 6.07) is 0.924. The van der Waals surface area contributed by atoms with Crippen LogP contribution in [0.25, 0.3) is 0 Å². The van der Waals surface area contributed by atoms with Gasteiger partial charge in [-0.05, 0) is 25.3 Å². The first-order chi connectivity index (χ1) is 8.58. The summed E-state index contributed by atoms with van der Waals surface area (Å²) < 4.78 is 0. The van der Waals surface area contributed by atoms with Crippen LogP contribution in [-0.2, 0) is 4.79 Å². The number of amides is 1. The molecule has 1 heterocycles. The van der Waals surface area contributed by atoms with E-state index in [9.17, 15) is 4.79 Å². The Morgan fingerprint density at radius 2 is 2.00 bits per heavy atom. The van der Waals surface area contributed by atoms with Crippen molar-refractivity contribution in [2.75, 3.05) is 26.7 Å². The van der Waals surface area contributed by atoms with Gasteiger partial charge in [-0.25, -0.2) is 0 Å². The Hall–Kier alpha value is -0.320. The molecule has 0 aromatic rings. The zero-order valence-electron chi connectivity index (χ0n) is 12.3. The first-order valence-corrected chi connectivity index (χ1v) is 7.28. The molecule has 0 radical (unpaired) electrons. The van der Waals surface area contributed by atoms with Gasteiger partial charge < -0.3 is 10.6 Å². The molecule has 1 aliphatic heterocycles. The summed E-state index contributed by atoms with van der Waals surface area (Å²) >= 11 is 0. The monoisotopic (exact) mass is 289 g/mol. The van der Waals surface area contributed by atoms with Gasteiger partial charge in [0.05, 0.1) is 6.54 Å². The van der Waals surface area contributed by atoms with Crippen molar-refractivity contribution in [2.24, 2.45) is 11.8 Å². The predicted molar refractivity (Wildman–Crippen MR) is 80.6 cm³/mol. The molecule has 1 amide bonds. The molecule has 2 N–H and O–H groups in total. The molecule has 1 saturated heterocycles. The van der Waals surface area contributed by atoms with Gasteiger partial charge in [-0.15, -0.1) is 12.4 Å². The quantitative estimate of drug-likeness (QED) is 0.819. The summed E-state index contributed by atoms with van der Waals surface area (Å²) in [6.45, 7) is 7.13. The lowest BCUT2D eigenvalue weighted by Gasteiger charge is -2.37. The minimum Gasteiger partial charge on any atom is -0.352 e. The van der Waals surface area contributed by atoms with Crippen molar-refractivity contribution in [1.29, 1.82) is 0 Å². The van der Waals surface area contributed by atoms with E-state index in [1.807, 2.05) is 7.05 Å². The van der Waals surface area contributed by atoms with Crippen LogP contribution in [0.5, 0.6) is 0 Å². The highest BCUT2D eigenvalue weighted by Gasteiger charge is 2.29. The van der Waals surface area contributed by atoms with Gasteiger partial charge in [-0.2, -0.15) is 0 Å². The molecule has 112 valence electrons. The van der Waals surface area contributed by atoms with Crippen molar-refractivity contribution in [3.63, 3.8) is 0 Å². The molecule has 0 bridgehead atoms. The Balaban J connectivity index is 0.00000180. The summed E-state index contributed by atoms with van der Waals surface area (Å²) in [5, 5.41) is 6.47. The van der Waals surface area contributed by atoms with Crippen molar-refractivity contribution < 1.29 is 4.79 Å². The molecule has 3 unspecified atom stereocenters. The van der Waals surface area contributed by atoms with E-state index >= 15 is 0 Å². The highest BCUT2D eigenvalue weighted by Crippen LogP contribution is 2.29. The van der Waals surface area contributed by atoms with Crippen LogP contribution in [0.1, 0.15) is 33.1 Å². The highest BCUT2D eigenvalue weighted by molar-refractivity contribution is 5.85. The van der Waals surface area contributed by atoms with E-state index in [1.54, 1.807) is 0 Å². The van der Waals surface area contributed by atoms with E-state index in [0.29, 0.717) is 24.5 Å². The van der Waals surface area contributed by atoms with Gasteiger partial charge in [-0.3, -0.25) is 9.69 Å². The first-order valence-electron chi connectivity index (χ1n) is 7.28. The fourth-order valence-corrected chi connectivity index (χ4v) is 2.98. The maximum absolute atomic E-state index is 12.0. The van der Waals surface area contributed by atoms with Crippen molar-refractivity contribution >= 4 is 18.3 Å². The van der Waals surface area contributed by atoms with E-state index in [2.05, 4.69) is 29.4 Å². The molecule has 3 atom stereocenters. The van der Waals surface area contributed by atoms with Crippen molar-refractivity contribution in [2.45, 2.75) is 45.2 Å². The van der Waals surface area contributed by atoms with Gasteiger partial charge in [-0.1, -0.05) is 26.7 Å². The van der Waals surface area contributed by atoms with Gasteiger partial charge in [0.2, 0.25) is 5.91 Å². The third-order valence-electron chi connectivity index (χ3n) is 4.83. The molecule has 0 aromatic carbocycles. The summed E-state index contributed by atoms with van der Waals surface area (Å²) in [7, 11) is 2.04. The molecular weight excluding hydrogens is 262 g/mol. The number of nitrogens with one attached hydrogen (secondary N) is 2. The zero-order valence-corrected chi connectivity index (χ0v) is 13.1. The van der Waals surface area contributed by atoms with E-state index < -0.39 is 0 Å². The predicted octanol–water partition coefficient (Wildman–Crippen LogP) is 1.25. The Morgan fingerprint density at radius 1 is 1.32 bits per heavy atom. The zero-order chi connectivity index (χ0) is 13.1. The molecular formula is C14H28ClN3O. The Bertz CT molecular complexity index is 296. The average Bonchev–Trinajstić information content (AvgIpc) is 2.22. The molecule has 0 aromatic heterocycles. The number of nitrogens with zero attached hydrogens (tertiary/aromatic N) is 1. The number of likely N-dealkylation sites (N-methyl/N-ethyl adjacent to an activating group) is 1. The Labute approximate surface area is 123 Å². The van der Waals surface area contributed by atoms with Crippen molar-refractivity contribution in [3.8, 4) is 0 Å². The van der Waals surface area contributed by atoms with E-state index in [-0.39, 0.29) is 18.3 Å². The second kappa shape index (κ2) is 7.46. The van der Waals surface area contributed by atoms with Crippen LogP contribution in [-0.4, -0.2) is 49.6 Å². The van der Waals surface area contributed by atoms with Crippen LogP contribution < -0.4 is 10.6 Å². The van der Waals surface area contributed by atoms with Gasteiger partial charge >= 0.3 is 0 Å². The normalized spacial score (nSPS) is 31.5. The summed E-state index contributed by atoms with van der Waals surface area (Å²) in [5.41, 5.74) is 0. The lowest BCUT2D eigenvalue weighted by atomic mass is 9.78. The summed E-state index contributed by atoms with van der Waals surface area (Å²) in [6.07, 6.45) is 3.70. The van der Waals surface area contributed by atoms with Crippen molar-refractivity contribution in [3.05, 3.63) is 0 Å². The fraction of sp³-hybridized carbons (Fsp3) is 0.929. The van der Waals surface area contributed by atoms with Crippen LogP contribution in [0.3, 0.4) is 0 Å². The molecule has 2 fully saturated rings. The third-order valence-corrected chi connectivity index (χ3v) is 4.83. The SMILES string of the molecule is CC1CCCC(NC(=O)CN(C)C2CNC2)C1C.Cl. The second-order valence-corrected chi connectivity index (χ2v) is 6.17. The number of rotatable bonds is 4. The summed E-state index contributed by atoms with van der Waals surface area (Å²) in [5.74, 6) is 1.53. The van der Waals surface area contributed by atoms with Crippen LogP contribution in [0.2, 0.25) is 0 Å². The second-order valence-electron chi connectivity index (χ2n) is 6.17. The smallest absolute Gasteiger partial charge is 0.234 e. The average molecular weight is 290 g/mol. The lowest BCUT2D eigenvalue weighted by Crippen LogP contribution is -2.58. The minimum atomic E-state index is 0. The molecule has 19 heavy (non-hydrogen) atoms. The van der Waals surface area contributed by atoms with Crippen molar-refractivity contribution in [1.82, 2.24) is 15.5 Å². The van der Waals surface area contributed by atoms with E-state index in [4.69, 9.17) is 0 Å². The van der Waals surface area contributed by atoms with Crippen LogP contribution in [0.15, 0.2) is 0 Å². The largest absolute Gasteiger partial charge is 0.352 e. The molecule has 2 aliphatic rings. The molecule has 0 spiro atoms. The number of hydrogen-bond acceptors (Lipinski definition) is 3. The van der Waals surface area contributed by atoms with E-state index in [1.165, 1.54) is 12.8 Å². The van der Waals surface area contributed by atoms with Gasteiger partial charge in [0.25, 0.3) is 0 Å². The highest BCUT2D eigenvalue weighted by atomic mass is 35.5. The molecule has 1 saturated carbocycles. The van der Waals surface area contributed by atoms with Gasteiger partial charge in [0.15, 0.2) is 0 Å². The number of halogens is 1. The fourth-order valence-electron chi connectivity index (χ4n) is 2.98. The Kier molecular flexibility index (Phi) is 6.57. The van der Waals surface area contributed by atoms with Gasteiger partial charge in [0.1, 0.15) is 0 Å². The first kappa shape index (κ1) is 16.7. The molecule has 5 heteroatoms. The lowest BCUT2D eigenvalue weighted by molar-refractivity contribution is -0.124. The summed E-state index contributed by atoms with van der Waals surface area (Å²) in [4.78, 5) is 14.2. The van der Waals surface area contributed by atoms with Gasteiger partial charge in [0, 0.05) is 25.2 Å². The molecule has 2 rings (SSSR count). The Morgan fingerprint density at radius 3 is 2.58 bits per heavy atom. The standard InChI is InChI=1S/C14H27N3O.ClH/c1-10-5-4-6-13(11(10)2)16-14(18)9-17(3)12-7-15-8-12;/h10-13,15H,4-9H2,1-3H3,(H,16,18);1H.